The monoisotopic (exact) mass is 300 g/mol. The number of urea groups is 1. The van der Waals surface area contributed by atoms with Gasteiger partial charge in [0.1, 0.15) is 0 Å². The van der Waals surface area contributed by atoms with E-state index >= 15 is 0 Å². The van der Waals surface area contributed by atoms with E-state index in [1.165, 1.54) is 7.11 Å². The SMILES string of the molecule is COC(=O)[C@H](COC(C)(C)C)NC(=O)NC/C=C/C(C)C. The van der Waals surface area contributed by atoms with Crippen LogP contribution in [0.5, 0.6) is 0 Å². The highest BCUT2D eigenvalue weighted by Crippen LogP contribution is 2.07. The Morgan fingerprint density at radius 1 is 1.24 bits per heavy atom. The number of allylic oxidation sites excluding steroid dienone is 1. The Morgan fingerprint density at radius 3 is 2.33 bits per heavy atom. The number of hydrogen-bond acceptors (Lipinski definition) is 4. The van der Waals surface area contributed by atoms with E-state index in [1.807, 2.05) is 46.8 Å². The van der Waals surface area contributed by atoms with Gasteiger partial charge in [-0.1, -0.05) is 26.0 Å². The van der Waals surface area contributed by atoms with Crippen molar-refractivity contribution in [3.63, 3.8) is 0 Å². The predicted molar refractivity (Wildman–Crippen MR) is 82.0 cm³/mol. The molecule has 21 heavy (non-hydrogen) atoms. The van der Waals surface area contributed by atoms with Gasteiger partial charge in [0.05, 0.1) is 19.3 Å². The molecule has 2 amide bonds. The lowest BCUT2D eigenvalue weighted by Crippen LogP contribution is -2.49. The summed E-state index contributed by atoms with van der Waals surface area (Å²) in [4.78, 5) is 23.3. The lowest BCUT2D eigenvalue weighted by atomic mass is 10.2. The molecular formula is C15H28N2O4. The zero-order valence-corrected chi connectivity index (χ0v) is 13.9. The van der Waals surface area contributed by atoms with E-state index in [9.17, 15) is 9.59 Å². The number of nitrogens with one attached hydrogen (secondary N) is 2. The Bertz CT molecular complexity index is 359. The van der Waals surface area contributed by atoms with Gasteiger partial charge in [-0.2, -0.15) is 0 Å². The molecule has 0 saturated carbocycles. The first-order valence-corrected chi connectivity index (χ1v) is 7.08. The molecule has 0 rings (SSSR count). The Labute approximate surface area is 127 Å². The summed E-state index contributed by atoms with van der Waals surface area (Å²) in [6.45, 7) is 10.2. The molecule has 0 aromatic rings. The van der Waals surface area contributed by atoms with E-state index in [0.717, 1.165) is 0 Å². The third-order valence-electron chi connectivity index (χ3n) is 2.38. The average molecular weight is 300 g/mol. The van der Waals surface area contributed by atoms with Gasteiger partial charge in [-0.15, -0.1) is 0 Å². The van der Waals surface area contributed by atoms with Crippen LogP contribution in [-0.4, -0.2) is 43.9 Å². The minimum atomic E-state index is -0.830. The van der Waals surface area contributed by atoms with Crippen LogP contribution in [0.4, 0.5) is 4.79 Å². The van der Waals surface area contributed by atoms with Gasteiger partial charge < -0.3 is 20.1 Å². The summed E-state index contributed by atoms with van der Waals surface area (Å²) < 4.78 is 10.2. The maximum Gasteiger partial charge on any atom is 0.330 e. The second kappa shape index (κ2) is 9.39. The van der Waals surface area contributed by atoms with Crippen molar-refractivity contribution in [2.24, 2.45) is 5.92 Å². The third kappa shape index (κ3) is 10.8. The summed E-state index contributed by atoms with van der Waals surface area (Å²) in [5.41, 5.74) is -0.398. The minimum absolute atomic E-state index is 0.0609. The number of rotatable bonds is 7. The zero-order chi connectivity index (χ0) is 16.5. The van der Waals surface area contributed by atoms with Crippen molar-refractivity contribution >= 4 is 12.0 Å². The van der Waals surface area contributed by atoms with E-state index in [0.29, 0.717) is 12.5 Å². The molecule has 6 nitrogen and oxygen atoms in total. The van der Waals surface area contributed by atoms with Crippen molar-refractivity contribution in [3.8, 4) is 0 Å². The van der Waals surface area contributed by atoms with E-state index < -0.39 is 23.6 Å². The van der Waals surface area contributed by atoms with Crippen molar-refractivity contribution < 1.29 is 19.1 Å². The first-order chi connectivity index (χ1) is 9.65. The molecule has 0 unspecified atom stereocenters. The molecule has 0 heterocycles. The van der Waals surface area contributed by atoms with E-state index in [1.54, 1.807) is 0 Å². The van der Waals surface area contributed by atoms with Gasteiger partial charge in [-0.3, -0.25) is 0 Å². The quantitative estimate of drug-likeness (QED) is 0.556. The molecule has 6 heteroatoms. The average Bonchev–Trinajstić information content (AvgIpc) is 2.37. The van der Waals surface area contributed by atoms with Crippen LogP contribution in [-0.2, 0) is 14.3 Å². The van der Waals surface area contributed by atoms with Crippen molar-refractivity contribution in [3.05, 3.63) is 12.2 Å². The Balaban J connectivity index is 4.33. The maximum atomic E-state index is 11.7. The molecule has 0 aliphatic carbocycles. The number of ether oxygens (including phenoxy) is 2. The maximum absolute atomic E-state index is 11.7. The van der Waals surface area contributed by atoms with Gasteiger partial charge in [-0.25, -0.2) is 9.59 Å². The highest BCUT2D eigenvalue weighted by molar-refractivity contribution is 5.83. The van der Waals surface area contributed by atoms with Crippen LogP contribution in [0.15, 0.2) is 12.2 Å². The number of carbonyl (C=O) groups excluding carboxylic acids is 2. The van der Waals surface area contributed by atoms with Gasteiger partial charge in [-0.05, 0) is 26.7 Å². The second-order valence-corrected chi connectivity index (χ2v) is 6.03. The van der Waals surface area contributed by atoms with Crippen molar-refractivity contribution in [2.45, 2.75) is 46.3 Å². The fourth-order valence-corrected chi connectivity index (χ4v) is 1.35. The van der Waals surface area contributed by atoms with Gasteiger partial charge in [0, 0.05) is 6.54 Å². The molecule has 0 aromatic heterocycles. The molecular weight excluding hydrogens is 272 g/mol. The highest BCUT2D eigenvalue weighted by Gasteiger charge is 2.24. The standard InChI is InChI=1S/C15H28N2O4/c1-11(2)8-7-9-16-14(19)17-12(13(18)20-6)10-21-15(3,4)5/h7-8,11-12H,9-10H2,1-6H3,(H2,16,17,19)/b8-7+/t12-/m0/s1. The normalized spacial score (nSPS) is 13.3. The molecule has 0 aromatic carbocycles. The molecule has 0 bridgehead atoms. The predicted octanol–water partition coefficient (Wildman–Crippen LogP) is 1.85. The Kier molecular flexibility index (Phi) is 8.69. The van der Waals surface area contributed by atoms with Crippen LogP contribution in [0.25, 0.3) is 0 Å². The summed E-state index contributed by atoms with van der Waals surface area (Å²) >= 11 is 0. The van der Waals surface area contributed by atoms with Crippen molar-refractivity contribution in [1.29, 1.82) is 0 Å². The third-order valence-corrected chi connectivity index (χ3v) is 2.38. The summed E-state index contributed by atoms with van der Waals surface area (Å²) in [5, 5.41) is 5.19. The molecule has 0 saturated heterocycles. The second-order valence-electron chi connectivity index (χ2n) is 6.03. The summed E-state index contributed by atoms with van der Waals surface area (Å²) in [5.74, 6) is -0.106. The van der Waals surface area contributed by atoms with Gasteiger partial charge in [0.15, 0.2) is 6.04 Å². The highest BCUT2D eigenvalue weighted by atomic mass is 16.5. The fourth-order valence-electron chi connectivity index (χ4n) is 1.35. The summed E-state index contributed by atoms with van der Waals surface area (Å²) in [6, 6.07) is -1.26. The molecule has 0 spiro atoms. The van der Waals surface area contributed by atoms with Gasteiger partial charge in [0.2, 0.25) is 0 Å². The number of amides is 2. The van der Waals surface area contributed by atoms with Crippen LogP contribution >= 0.6 is 0 Å². The van der Waals surface area contributed by atoms with Crippen molar-refractivity contribution in [1.82, 2.24) is 10.6 Å². The Morgan fingerprint density at radius 2 is 1.86 bits per heavy atom. The first-order valence-electron chi connectivity index (χ1n) is 7.08. The number of carbonyl (C=O) groups is 2. The summed E-state index contributed by atoms with van der Waals surface area (Å²) in [6.07, 6.45) is 3.85. The van der Waals surface area contributed by atoms with E-state index in [4.69, 9.17) is 4.74 Å². The van der Waals surface area contributed by atoms with E-state index in [-0.39, 0.29) is 6.61 Å². The van der Waals surface area contributed by atoms with Crippen LogP contribution in [0.3, 0.4) is 0 Å². The molecule has 122 valence electrons. The lowest BCUT2D eigenvalue weighted by Gasteiger charge is -2.23. The number of methoxy groups -OCH3 is 1. The first kappa shape index (κ1) is 19.4. The number of hydrogen-bond donors (Lipinski definition) is 2. The smallest absolute Gasteiger partial charge is 0.330 e. The van der Waals surface area contributed by atoms with Crippen LogP contribution < -0.4 is 10.6 Å². The molecule has 0 aliphatic rings. The fraction of sp³-hybridized carbons (Fsp3) is 0.733. The lowest BCUT2D eigenvalue weighted by molar-refractivity contribution is -0.145. The van der Waals surface area contributed by atoms with Crippen LogP contribution in [0.1, 0.15) is 34.6 Å². The largest absolute Gasteiger partial charge is 0.467 e. The zero-order valence-electron chi connectivity index (χ0n) is 13.9. The van der Waals surface area contributed by atoms with Crippen molar-refractivity contribution in [2.75, 3.05) is 20.3 Å². The molecule has 2 N–H and O–H groups in total. The van der Waals surface area contributed by atoms with Crippen LogP contribution in [0, 0.1) is 5.92 Å². The number of esters is 1. The topological polar surface area (TPSA) is 76.7 Å². The van der Waals surface area contributed by atoms with Crippen LogP contribution in [0.2, 0.25) is 0 Å². The Hall–Kier alpha value is -1.56. The van der Waals surface area contributed by atoms with E-state index in [2.05, 4.69) is 15.4 Å². The van der Waals surface area contributed by atoms with Gasteiger partial charge in [0.25, 0.3) is 0 Å². The molecule has 0 fully saturated rings. The molecule has 0 radical (unpaired) electrons. The molecule has 0 aliphatic heterocycles. The summed E-state index contributed by atoms with van der Waals surface area (Å²) in [7, 11) is 1.28. The minimum Gasteiger partial charge on any atom is -0.467 e. The molecule has 1 atom stereocenters. The van der Waals surface area contributed by atoms with Gasteiger partial charge >= 0.3 is 12.0 Å².